The third-order valence-corrected chi connectivity index (χ3v) is 6.98. The SMILES string of the molecule is C=CCNS(=O)(=O)c1ccc(C(=O)NCc2ccccc2CN2CCCC(C)C2)cc1. The molecule has 2 N–H and O–H groups in total. The van der Waals surface area contributed by atoms with Gasteiger partial charge in [0.05, 0.1) is 4.90 Å². The average Bonchev–Trinajstić information content (AvgIpc) is 2.77. The second kappa shape index (κ2) is 10.7. The Morgan fingerprint density at radius 3 is 2.55 bits per heavy atom. The molecule has 1 unspecified atom stereocenters. The molecule has 0 bridgehead atoms. The van der Waals surface area contributed by atoms with E-state index in [0.717, 1.165) is 31.1 Å². The van der Waals surface area contributed by atoms with Crippen LogP contribution in [0.1, 0.15) is 41.3 Å². The van der Waals surface area contributed by atoms with Crippen LogP contribution in [0.15, 0.2) is 66.1 Å². The fourth-order valence-corrected chi connectivity index (χ4v) is 4.87. The van der Waals surface area contributed by atoms with E-state index in [1.54, 1.807) is 0 Å². The van der Waals surface area contributed by atoms with E-state index >= 15 is 0 Å². The molecule has 1 amide bonds. The summed E-state index contributed by atoms with van der Waals surface area (Å²) in [5, 5.41) is 2.96. The van der Waals surface area contributed by atoms with Crippen LogP contribution in [-0.4, -0.2) is 38.9 Å². The molecule has 0 radical (unpaired) electrons. The highest BCUT2D eigenvalue weighted by Crippen LogP contribution is 2.19. The second-order valence-corrected chi connectivity index (χ2v) is 9.87. The van der Waals surface area contributed by atoms with Crippen LogP contribution in [0.2, 0.25) is 0 Å². The molecule has 31 heavy (non-hydrogen) atoms. The van der Waals surface area contributed by atoms with Crippen LogP contribution in [0, 0.1) is 5.92 Å². The van der Waals surface area contributed by atoms with Gasteiger partial charge in [-0.05, 0) is 60.7 Å². The minimum Gasteiger partial charge on any atom is -0.348 e. The highest BCUT2D eigenvalue weighted by Gasteiger charge is 2.18. The van der Waals surface area contributed by atoms with Gasteiger partial charge in [-0.3, -0.25) is 9.69 Å². The molecule has 1 aliphatic heterocycles. The highest BCUT2D eigenvalue weighted by atomic mass is 32.2. The van der Waals surface area contributed by atoms with Crippen LogP contribution in [0.5, 0.6) is 0 Å². The Labute approximate surface area is 185 Å². The fraction of sp³-hybridized carbons (Fsp3) is 0.375. The van der Waals surface area contributed by atoms with E-state index in [1.807, 2.05) is 18.2 Å². The maximum atomic E-state index is 12.6. The van der Waals surface area contributed by atoms with Gasteiger partial charge in [-0.1, -0.05) is 37.3 Å². The normalized spacial score (nSPS) is 17.3. The molecule has 2 aromatic carbocycles. The van der Waals surface area contributed by atoms with Crippen molar-refractivity contribution in [1.82, 2.24) is 14.9 Å². The van der Waals surface area contributed by atoms with Crippen molar-refractivity contribution in [3.05, 3.63) is 77.9 Å². The zero-order valence-corrected chi connectivity index (χ0v) is 18.8. The summed E-state index contributed by atoms with van der Waals surface area (Å²) >= 11 is 0. The first-order chi connectivity index (χ1) is 14.9. The lowest BCUT2D eigenvalue weighted by Crippen LogP contribution is -2.34. The molecule has 3 rings (SSSR count). The van der Waals surface area contributed by atoms with Crippen LogP contribution in [-0.2, 0) is 23.1 Å². The Hall–Kier alpha value is -2.48. The van der Waals surface area contributed by atoms with Gasteiger partial charge in [0.25, 0.3) is 5.91 Å². The van der Waals surface area contributed by atoms with Gasteiger partial charge < -0.3 is 5.32 Å². The van der Waals surface area contributed by atoms with Gasteiger partial charge in [-0.2, -0.15) is 0 Å². The molecule has 1 fully saturated rings. The molecule has 0 spiro atoms. The van der Waals surface area contributed by atoms with Gasteiger partial charge in [0.2, 0.25) is 10.0 Å². The first-order valence-corrected chi connectivity index (χ1v) is 12.2. The van der Waals surface area contributed by atoms with Gasteiger partial charge in [0.1, 0.15) is 0 Å². The minimum atomic E-state index is -3.60. The number of likely N-dealkylation sites (tertiary alicyclic amines) is 1. The smallest absolute Gasteiger partial charge is 0.251 e. The summed E-state index contributed by atoms with van der Waals surface area (Å²) in [4.78, 5) is 15.2. The minimum absolute atomic E-state index is 0.118. The molecule has 0 aromatic heterocycles. The number of nitrogens with zero attached hydrogens (tertiary/aromatic N) is 1. The first-order valence-electron chi connectivity index (χ1n) is 10.7. The Kier molecular flexibility index (Phi) is 8.01. The molecule has 1 aliphatic rings. The third-order valence-electron chi connectivity index (χ3n) is 5.54. The lowest BCUT2D eigenvalue weighted by atomic mass is 9.99. The molecule has 0 saturated carbocycles. The summed E-state index contributed by atoms with van der Waals surface area (Å²) in [5.74, 6) is 0.490. The molecule has 7 heteroatoms. The quantitative estimate of drug-likeness (QED) is 0.585. The molecule has 6 nitrogen and oxygen atoms in total. The Morgan fingerprint density at radius 1 is 1.16 bits per heavy atom. The number of carbonyl (C=O) groups excluding carboxylic acids is 1. The number of hydrogen-bond donors (Lipinski definition) is 2. The van der Waals surface area contributed by atoms with Gasteiger partial charge in [-0.15, -0.1) is 6.58 Å². The molecule has 1 atom stereocenters. The van der Waals surface area contributed by atoms with Crippen molar-refractivity contribution in [3.8, 4) is 0 Å². The van der Waals surface area contributed by atoms with Gasteiger partial charge in [-0.25, -0.2) is 13.1 Å². The van der Waals surface area contributed by atoms with Crippen molar-refractivity contribution < 1.29 is 13.2 Å². The number of benzene rings is 2. The molecular weight excluding hydrogens is 410 g/mol. The molecule has 1 saturated heterocycles. The largest absolute Gasteiger partial charge is 0.348 e. The second-order valence-electron chi connectivity index (χ2n) is 8.10. The number of nitrogens with one attached hydrogen (secondary N) is 2. The number of carbonyl (C=O) groups is 1. The lowest BCUT2D eigenvalue weighted by molar-refractivity contribution is 0.0950. The van der Waals surface area contributed by atoms with Crippen LogP contribution in [0.3, 0.4) is 0 Å². The molecule has 2 aromatic rings. The maximum absolute atomic E-state index is 12.6. The van der Waals surface area contributed by atoms with E-state index in [1.165, 1.54) is 48.7 Å². The molecule has 1 heterocycles. The number of amides is 1. The van der Waals surface area contributed by atoms with Crippen molar-refractivity contribution in [2.45, 2.75) is 37.8 Å². The summed E-state index contributed by atoms with van der Waals surface area (Å²) in [5.41, 5.74) is 2.75. The predicted octanol–water partition coefficient (Wildman–Crippen LogP) is 3.31. The van der Waals surface area contributed by atoms with Crippen LogP contribution < -0.4 is 10.0 Å². The van der Waals surface area contributed by atoms with Crippen LogP contribution >= 0.6 is 0 Å². The Bertz CT molecular complexity index is 1000. The van der Waals surface area contributed by atoms with Crippen LogP contribution in [0.4, 0.5) is 0 Å². The van der Waals surface area contributed by atoms with Gasteiger partial charge >= 0.3 is 0 Å². The van der Waals surface area contributed by atoms with E-state index in [0.29, 0.717) is 12.1 Å². The van der Waals surface area contributed by atoms with Crippen molar-refractivity contribution in [3.63, 3.8) is 0 Å². The van der Waals surface area contributed by atoms with E-state index in [4.69, 9.17) is 0 Å². The number of piperidine rings is 1. The summed E-state index contributed by atoms with van der Waals surface area (Å²) in [6, 6.07) is 14.1. The summed E-state index contributed by atoms with van der Waals surface area (Å²) in [6.45, 7) is 9.49. The predicted molar refractivity (Wildman–Crippen MR) is 123 cm³/mol. The van der Waals surface area contributed by atoms with Crippen molar-refractivity contribution >= 4 is 15.9 Å². The van der Waals surface area contributed by atoms with E-state index < -0.39 is 10.0 Å². The highest BCUT2D eigenvalue weighted by molar-refractivity contribution is 7.89. The van der Waals surface area contributed by atoms with Crippen molar-refractivity contribution in [2.75, 3.05) is 19.6 Å². The third kappa shape index (κ3) is 6.50. The Balaban J connectivity index is 1.61. The number of rotatable bonds is 9. The molecular formula is C24H31N3O3S. The Morgan fingerprint density at radius 2 is 1.87 bits per heavy atom. The zero-order valence-electron chi connectivity index (χ0n) is 18.0. The monoisotopic (exact) mass is 441 g/mol. The maximum Gasteiger partial charge on any atom is 0.251 e. The van der Waals surface area contributed by atoms with Gasteiger partial charge in [0.15, 0.2) is 0 Å². The van der Waals surface area contributed by atoms with Gasteiger partial charge in [0, 0.05) is 31.7 Å². The number of sulfonamides is 1. The van der Waals surface area contributed by atoms with Crippen LogP contribution in [0.25, 0.3) is 0 Å². The summed E-state index contributed by atoms with van der Waals surface area (Å²) in [6.07, 6.45) is 4.00. The zero-order chi connectivity index (χ0) is 22.3. The summed E-state index contributed by atoms with van der Waals surface area (Å²) in [7, 11) is -3.60. The topological polar surface area (TPSA) is 78.5 Å². The summed E-state index contributed by atoms with van der Waals surface area (Å²) < 4.78 is 26.7. The fourth-order valence-electron chi connectivity index (χ4n) is 3.87. The molecule has 166 valence electrons. The number of hydrogen-bond acceptors (Lipinski definition) is 4. The van der Waals surface area contributed by atoms with E-state index in [-0.39, 0.29) is 17.3 Å². The van der Waals surface area contributed by atoms with E-state index in [9.17, 15) is 13.2 Å². The lowest BCUT2D eigenvalue weighted by Gasteiger charge is -2.31. The van der Waals surface area contributed by atoms with Crippen molar-refractivity contribution in [2.24, 2.45) is 5.92 Å². The standard InChI is InChI=1S/C24H31N3O3S/c1-3-14-26-31(29,30)23-12-10-20(11-13-23)24(28)25-16-21-8-4-5-9-22(21)18-27-15-6-7-19(2)17-27/h3-5,8-13,19,26H,1,6-7,14-18H2,2H3,(H,25,28). The van der Waals surface area contributed by atoms with E-state index in [2.05, 4.69) is 34.5 Å². The average molecular weight is 442 g/mol. The first kappa shape index (κ1) is 23.2. The molecule has 0 aliphatic carbocycles. The van der Waals surface area contributed by atoms with Crippen molar-refractivity contribution in [1.29, 1.82) is 0 Å².